The zero-order chi connectivity index (χ0) is 13.6. The van der Waals surface area contributed by atoms with Gasteiger partial charge >= 0.3 is 0 Å². The first-order valence-electron chi connectivity index (χ1n) is 7.09. The van der Waals surface area contributed by atoms with Crippen LogP contribution in [0.15, 0.2) is 0 Å². The lowest BCUT2D eigenvalue weighted by Gasteiger charge is -2.49. The smallest absolute Gasteiger partial charge is 0.225 e. The summed E-state index contributed by atoms with van der Waals surface area (Å²) in [4.78, 5) is 4.64. The number of aromatic nitrogens is 3. The van der Waals surface area contributed by atoms with Crippen LogP contribution >= 0.6 is 12.2 Å². The lowest BCUT2D eigenvalue weighted by Crippen LogP contribution is -2.57. The average Bonchev–Trinajstić information content (AvgIpc) is 3.06. The zero-order valence-electron chi connectivity index (χ0n) is 12.0. The zero-order valence-corrected chi connectivity index (χ0v) is 12.8. The highest BCUT2D eigenvalue weighted by atomic mass is 32.1. The third-order valence-electron chi connectivity index (χ3n) is 4.70. The molecule has 0 bridgehead atoms. The van der Waals surface area contributed by atoms with Crippen LogP contribution in [0.1, 0.15) is 38.1 Å². The van der Waals surface area contributed by atoms with Crippen LogP contribution in [-0.2, 0) is 0 Å². The topological polar surface area (TPSA) is 40.1 Å². The maximum absolute atomic E-state index is 5.35. The highest BCUT2D eigenvalue weighted by Gasteiger charge is 2.41. The van der Waals surface area contributed by atoms with Crippen molar-refractivity contribution in [3.63, 3.8) is 0 Å². The summed E-state index contributed by atoms with van der Waals surface area (Å²) in [5.74, 6) is 1.00. The molecule has 0 spiro atoms. The molecule has 2 aliphatic rings. The molecule has 19 heavy (non-hydrogen) atoms. The Morgan fingerprint density at radius 3 is 2.53 bits per heavy atom. The monoisotopic (exact) mass is 281 g/mol. The Bertz CT molecular complexity index is 509. The Labute approximate surface area is 119 Å². The molecule has 0 radical (unpaired) electrons. The number of anilines is 1. The Kier molecular flexibility index (Phi) is 3.17. The fourth-order valence-corrected chi connectivity index (χ4v) is 3.35. The highest BCUT2D eigenvalue weighted by Crippen LogP contribution is 2.40. The van der Waals surface area contributed by atoms with Gasteiger partial charge in [-0.05, 0) is 58.4 Å². The summed E-state index contributed by atoms with van der Waals surface area (Å²) in [5, 5.41) is 7.38. The van der Waals surface area contributed by atoms with E-state index < -0.39 is 0 Å². The van der Waals surface area contributed by atoms with Gasteiger partial charge in [0.1, 0.15) is 0 Å². The molecule has 6 heteroatoms. The minimum atomic E-state index is 0.316. The molecule has 0 amide bonds. The molecule has 1 heterocycles. The Morgan fingerprint density at radius 1 is 1.37 bits per heavy atom. The minimum Gasteiger partial charge on any atom is -0.342 e. The van der Waals surface area contributed by atoms with Gasteiger partial charge < -0.3 is 9.80 Å². The summed E-state index contributed by atoms with van der Waals surface area (Å²) in [6.45, 7) is 1.02. The van der Waals surface area contributed by atoms with E-state index in [2.05, 4.69) is 45.7 Å². The number of nitrogens with zero attached hydrogens (tertiary/aromatic N) is 4. The van der Waals surface area contributed by atoms with E-state index in [1.54, 1.807) is 0 Å². The van der Waals surface area contributed by atoms with E-state index in [4.69, 9.17) is 12.2 Å². The van der Waals surface area contributed by atoms with Crippen LogP contribution in [0, 0.1) is 4.77 Å². The SMILES string of the molecule is CN(CC1(N(C)C)CCC1)c1n[nH]c(=S)n1C1CC1. The molecule has 2 fully saturated rings. The van der Waals surface area contributed by atoms with Gasteiger partial charge in [-0.15, -0.1) is 5.10 Å². The van der Waals surface area contributed by atoms with Crippen molar-refractivity contribution in [1.29, 1.82) is 0 Å². The van der Waals surface area contributed by atoms with Crippen LogP contribution in [0.2, 0.25) is 0 Å². The first kappa shape index (κ1) is 13.1. The molecular weight excluding hydrogens is 258 g/mol. The summed E-state index contributed by atoms with van der Waals surface area (Å²) >= 11 is 5.35. The molecule has 1 N–H and O–H groups in total. The molecule has 2 saturated carbocycles. The number of rotatable bonds is 5. The number of likely N-dealkylation sites (N-methyl/N-ethyl adjacent to an activating group) is 2. The molecule has 106 valence electrons. The van der Waals surface area contributed by atoms with Crippen molar-refractivity contribution in [2.24, 2.45) is 0 Å². The van der Waals surface area contributed by atoms with Crippen molar-refractivity contribution in [3.8, 4) is 0 Å². The second kappa shape index (κ2) is 4.59. The van der Waals surface area contributed by atoms with Crippen molar-refractivity contribution >= 4 is 18.2 Å². The van der Waals surface area contributed by atoms with Crippen molar-refractivity contribution in [3.05, 3.63) is 4.77 Å². The van der Waals surface area contributed by atoms with E-state index in [0.717, 1.165) is 17.3 Å². The second-order valence-corrected chi connectivity index (χ2v) is 6.65. The Morgan fingerprint density at radius 2 is 2.05 bits per heavy atom. The predicted molar refractivity (Wildman–Crippen MR) is 79.2 cm³/mol. The molecule has 1 aromatic heterocycles. The molecule has 0 unspecified atom stereocenters. The summed E-state index contributed by atoms with van der Waals surface area (Å²) in [6.07, 6.45) is 6.35. The first-order valence-corrected chi connectivity index (χ1v) is 7.50. The van der Waals surface area contributed by atoms with Gasteiger partial charge in [-0.3, -0.25) is 4.57 Å². The molecule has 0 aromatic carbocycles. The molecule has 0 aliphatic heterocycles. The maximum Gasteiger partial charge on any atom is 0.225 e. The van der Waals surface area contributed by atoms with Crippen LogP contribution in [0.4, 0.5) is 5.95 Å². The van der Waals surface area contributed by atoms with Crippen molar-refractivity contribution in [1.82, 2.24) is 19.7 Å². The van der Waals surface area contributed by atoms with Crippen LogP contribution in [-0.4, -0.2) is 52.9 Å². The summed E-state index contributed by atoms with van der Waals surface area (Å²) < 4.78 is 2.95. The maximum atomic E-state index is 5.35. The first-order chi connectivity index (χ1) is 9.03. The summed E-state index contributed by atoms with van der Waals surface area (Å²) in [5.41, 5.74) is 0.316. The van der Waals surface area contributed by atoms with E-state index in [-0.39, 0.29) is 0 Å². The lowest BCUT2D eigenvalue weighted by atomic mass is 9.75. The summed E-state index contributed by atoms with van der Waals surface area (Å²) in [7, 11) is 6.50. The number of H-pyrrole nitrogens is 1. The van der Waals surface area contributed by atoms with Crippen LogP contribution in [0.3, 0.4) is 0 Å². The van der Waals surface area contributed by atoms with Gasteiger partial charge in [-0.25, -0.2) is 5.10 Å². The quantitative estimate of drug-likeness (QED) is 0.840. The van der Waals surface area contributed by atoms with Crippen molar-refractivity contribution in [2.45, 2.75) is 43.7 Å². The second-order valence-electron chi connectivity index (χ2n) is 6.26. The predicted octanol–water partition coefficient (Wildman–Crippen LogP) is 2.20. The fraction of sp³-hybridized carbons (Fsp3) is 0.846. The largest absolute Gasteiger partial charge is 0.342 e. The van der Waals surface area contributed by atoms with Gasteiger partial charge in [0.05, 0.1) is 0 Å². The molecule has 1 aromatic rings. The van der Waals surface area contributed by atoms with Gasteiger partial charge in [0.25, 0.3) is 0 Å². The van der Waals surface area contributed by atoms with Crippen molar-refractivity contribution < 1.29 is 0 Å². The molecule has 0 saturated heterocycles. The van der Waals surface area contributed by atoms with Gasteiger partial charge in [0.2, 0.25) is 5.95 Å². The molecule has 3 rings (SSSR count). The van der Waals surface area contributed by atoms with E-state index >= 15 is 0 Å². The molecule has 5 nitrogen and oxygen atoms in total. The third-order valence-corrected chi connectivity index (χ3v) is 4.99. The van der Waals surface area contributed by atoms with E-state index in [1.165, 1.54) is 32.1 Å². The number of hydrogen-bond donors (Lipinski definition) is 1. The van der Waals surface area contributed by atoms with Crippen LogP contribution in [0.5, 0.6) is 0 Å². The average molecular weight is 281 g/mol. The van der Waals surface area contributed by atoms with Gasteiger partial charge in [-0.1, -0.05) is 0 Å². The third kappa shape index (κ3) is 2.21. The standard InChI is InChI=1S/C13H23N5S/c1-16(2)13(7-4-8-13)9-17(3)11-14-15-12(19)18(11)10-5-6-10/h10H,4-9H2,1-3H3,(H,15,19). The van der Waals surface area contributed by atoms with Gasteiger partial charge in [0, 0.05) is 25.2 Å². The van der Waals surface area contributed by atoms with Gasteiger partial charge in [0.15, 0.2) is 4.77 Å². The Hall–Kier alpha value is -0.880. The number of hydrogen-bond acceptors (Lipinski definition) is 4. The normalized spacial score (nSPS) is 21.5. The molecular formula is C13H23N5S. The molecule has 2 aliphatic carbocycles. The van der Waals surface area contributed by atoms with Crippen LogP contribution < -0.4 is 4.90 Å². The van der Waals surface area contributed by atoms with Crippen LogP contribution in [0.25, 0.3) is 0 Å². The summed E-state index contributed by atoms with van der Waals surface area (Å²) in [6, 6.07) is 0.570. The number of nitrogens with one attached hydrogen (secondary N) is 1. The van der Waals surface area contributed by atoms with E-state index in [9.17, 15) is 0 Å². The minimum absolute atomic E-state index is 0.316. The number of aromatic amines is 1. The highest BCUT2D eigenvalue weighted by molar-refractivity contribution is 7.71. The van der Waals surface area contributed by atoms with E-state index in [0.29, 0.717) is 11.6 Å². The Balaban J connectivity index is 1.80. The van der Waals surface area contributed by atoms with Gasteiger partial charge in [-0.2, -0.15) is 0 Å². The van der Waals surface area contributed by atoms with Crippen molar-refractivity contribution in [2.75, 3.05) is 32.6 Å². The molecule has 0 atom stereocenters. The lowest BCUT2D eigenvalue weighted by molar-refractivity contribution is 0.0679. The fourth-order valence-electron chi connectivity index (χ4n) is 3.07. The van der Waals surface area contributed by atoms with E-state index in [1.807, 2.05) is 0 Å².